The minimum atomic E-state index is 0.519. The Morgan fingerprint density at radius 2 is 2.08 bits per heavy atom. The average Bonchev–Trinajstić information content (AvgIpc) is 2.92. The third kappa shape index (κ3) is 1.79. The summed E-state index contributed by atoms with van der Waals surface area (Å²) in [6.45, 7) is 1.85. The molecule has 3 heteroatoms. The fourth-order valence-corrected chi connectivity index (χ4v) is 2.16. The van der Waals surface area contributed by atoms with E-state index in [0.717, 1.165) is 19.1 Å². The lowest BCUT2D eigenvalue weighted by molar-refractivity contribution is 0.0357. The highest BCUT2D eigenvalue weighted by Gasteiger charge is 2.36. The molecule has 0 aromatic carbocycles. The highest BCUT2D eigenvalue weighted by Crippen LogP contribution is 2.37. The minimum Gasteiger partial charge on any atom is -0.381 e. The van der Waals surface area contributed by atoms with Gasteiger partial charge in [0.2, 0.25) is 0 Å². The van der Waals surface area contributed by atoms with Crippen molar-refractivity contribution in [2.45, 2.75) is 31.7 Å². The third-order valence-corrected chi connectivity index (χ3v) is 3.03. The van der Waals surface area contributed by atoms with Crippen molar-refractivity contribution in [3.05, 3.63) is 0 Å². The minimum absolute atomic E-state index is 0.519. The summed E-state index contributed by atoms with van der Waals surface area (Å²) in [7, 11) is 0. The Bertz CT molecular complexity index is 141. The summed E-state index contributed by atoms with van der Waals surface area (Å²) in [5.41, 5.74) is 2.95. The Hall–Kier alpha value is -0.120. The number of hydrazine groups is 1. The lowest BCUT2D eigenvalue weighted by atomic mass is 9.91. The lowest BCUT2D eigenvalue weighted by Gasteiger charge is -2.29. The molecule has 2 aliphatic rings. The summed E-state index contributed by atoms with van der Waals surface area (Å²) < 4.78 is 5.45. The Morgan fingerprint density at radius 3 is 2.58 bits per heavy atom. The van der Waals surface area contributed by atoms with Crippen molar-refractivity contribution in [3.63, 3.8) is 0 Å². The average molecular weight is 170 g/mol. The molecule has 1 aliphatic carbocycles. The van der Waals surface area contributed by atoms with Crippen molar-refractivity contribution >= 4 is 0 Å². The van der Waals surface area contributed by atoms with Crippen LogP contribution in [0.4, 0.5) is 0 Å². The Morgan fingerprint density at radius 1 is 1.25 bits per heavy atom. The molecule has 0 bridgehead atoms. The first-order valence-electron chi connectivity index (χ1n) is 4.95. The Balaban J connectivity index is 1.85. The Labute approximate surface area is 73.6 Å². The second kappa shape index (κ2) is 3.73. The molecule has 1 saturated carbocycles. The predicted octanol–water partition coefficient (Wildman–Crippen LogP) is 0.655. The smallest absolute Gasteiger partial charge is 0.0509 e. The second-order valence-corrected chi connectivity index (χ2v) is 4.01. The zero-order valence-electron chi connectivity index (χ0n) is 7.46. The number of hydrogen-bond donors (Lipinski definition) is 2. The lowest BCUT2D eigenvalue weighted by Crippen LogP contribution is -2.45. The molecule has 1 heterocycles. The van der Waals surface area contributed by atoms with Crippen molar-refractivity contribution in [1.29, 1.82) is 0 Å². The van der Waals surface area contributed by atoms with Gasteiger partial charge in [0.05, 0.1) is 6.61 Å². The fourth-order valence-electron chi connectivity index (χ4n) is 2.16. The molecular formula is C9H18N2O. The maximum atomic E-state index is 5.54. The number of hydrogen-bond acceptors (Lipinski definition) is 3. The normalized spacial score (nSPS) is 33.2. The molecule has 2 rings (SSSR count). The predicted molar refractivity (Wildman–Crippen MR) is 47.4 cm³/mol. The summed E-state index contributed by atoms with van der Waals surface area (Å²) in [6, 6.07) is 0.519. The highest BCUT2D eigenvalue weighted by molar-refractivity contribution is 4.90. The van der Waals surface area contributed by atoms with Crippen LogP contribution in [0.1, 0.15) is 25.7 Å². The SMILES string of the molecule is NNC(C1CC1)C1CCCOC1. The van der Waals surface area contributed by atoms with E-state index in [9.17, 15) is 0 Å². The van der Waals surface area contributed by atoms with Crippen molar-refractivity contribution in [2.75, 3.05) is 13.2 Å². The van der Waals surface area contributed by atoms with Crippen LogP contribution in [0, 0.1) is 11.8 Å². The number of rotatable bonds is 3. The van der Waals surface area contributed by atoms with E-state index in [1.165, 1.54) is 25.7 Å². The molecule has 0 spiro atoms. The van der Waals surface area contributed by atoms with Crippen LogP contribution < -0.4 is 11.3 Å². The zero-order valence-corrected chi connectivity index (χ0v) is 7.46. The van der Waals surface area contributed by atoms with Gasteiger partial charge in [-0.15, -0.1) is 0 Å². The topological polar surface area (TPSA) is 47.3 Å². The van der Waals surface area contributed by atoms with E-state index in [0.29, 0.717) is 12.0 Å². The quantitative estimate of drug-likeness (QED) is 0.483. The first-order chi connectivity index (χ1) is 5.92. The van der Waals surface area contributed by atoms with Crippen LogP contribution in [0.25, 0.3) is 0 Å². The van der Waals surface area contributed by atoms with E-state index in [2.05, 4.69) is 5.43 Å². The molecular weight excluding hydrogens is 152 g/mol. The monoisotopic (exact) mass is 170 g/mol. The summed E-state index contributed by atoms with van der Waals surface area (Å²) in [4.78, 5) is 0. The van der Waals surface area contributed by atoms with Gasteiger partial charge in [-0.05, 0) is 37.5 Å². The molecule has 0 aromatic rings. The largest absolute Gasteiger partial charge is 0.381 e. The highest BCUT2D eigenvalue weighted by atomic mass is 16.5. The molecule has 70 valence electrons. The van der Waals surface area contributed by atoms with Gasteiger partial charge in [0, 0.05) is 12.6 Å². The first-order valence-corrected chi connectivity index (χ1v) is 4.95. The molecule has 1 saturated heterocycles. The maximum absolute atomic E-state index is 5.54. The fraction of sp³-hybridized carbons (Fsp3) is 1.00. The van der Waals surface area contributed by atoms with Crippen molar-refractivity contribution in [3.8, 4) is 0 Å². The molecule has 0 radical (unpaired) electrons. The molecule has 12 heavy (non-hydrogen) atoms. The number of nitrogens with one attached hydrogen (secondary N) is 1. The van der Waals surface area contributed by atoms with Crippen molar-refractivity contribution in [1.82, 2.24) is 5.43 Å². The van der Waals surface area contributed by atoms with Crippen LogP contribution in [0.3, 0.4) is 0 Å². The van der Waals surface area contributed by atoms with Gasteiger partial charge in [-0.1, -0.05) is 0 Å². The van der Waals surface area contributed by atoms with E-state index in [1.54, 1.807) is 0 Å². The van der Waals surface area contributed by atoms with Crippen molar-refractivity contribution < 1.29 is 4.74 Å². The van der Waals surface area contributed by atoms with Crippen LogP contribution in [0.5, 0.6) is 0 Å². The van der Waals surface area contributed by atoms with Crippen molar-refractivity contribution in [2.24, 2.45) is 17.7 Å². The van der Waals surface area contributed by atoms with Crippen LogP contribution in [0.15, 0.2) is 0 Å². The van der Waals surface area contributed by atoms with Gasteiger partial charge in [-0.3, -0.25) is 11.3 Å². The van der Waals surface area contributed by atoms with Gasteiger partial charge in [0.15, 0.2) is 0 Å². The summed E-state index contributed by atoms with van der Waals surface area (Å²) in [5.74, 6) is 7.04. The zero-order chi connectivity index (χ0) is 8.39. The second-order valence-electron chi connectivity index (χ2n) is 4.01. The molecule has 3 N–H and O–H groups in total. The van der Waals surface area contributed by atoms with E-state index in [1.807, 2.05) is 0 Å². The summed E-state index contributed by atoms with van der Waals surface area (Å²) in [6.07, 6.45) is 5.19. The number of nitrogens with two attached hydrogens (primary N) is 1. The third-order valence-electron chi connectivity index (χ3n) is 3.03. The van der Waals surface area contributed by atoms with E-state index >= 15 is 0 Å². The van der Waals surface area contributed by atoms with Crippen LogP contribution >= 0.6 is 0 Å². The van der Waals surface area contributed by atoms with E-state index in [-0.39, 0.29) is 0 Å². The maximum Gasteiger partial charge on any atom is 0.0509 e. The van der Waals surface area contributed by atoms with Crippen LogP contribution in [-0.2, 0) is 4.74 Å². The van der Waals surface area contributed by atoms with Crippen LogP contribution in [0.2, 0.25) is 0 Å². The molecule has 0 amide bonds. The van der Waals surface area contributed by atoms with E-state index in [4.69, 9.17) is 10.6 Å². The molecule has 2 fully saturated rings. The van der Waals surface area contributed by atoms with Gasteiger partial charge in [-0.25, -0.2) is 0 Å². The van der Waals surface area contributed by atoms with Gasteiger partial charge in [0.25, 0.3) is 0 Å². The van der Waals surface area contributed by atoms with E-state index < -0.39 is 0 Å². The summed E-state index contributed by atoms with van der Waals surface area (Å²) >= 11 is 0. The first kappa shape index (κ1) is 8.48. The summed E-state index contributed by atoms with van der Waals surface area (Å²) in [5, 5.41) is 0. The van der Waals surface area contributed by atoms with Gasteiger partial charge in [0.1, 0.15) is 0 Å². The van der Waals surface area contributed by atoms with Gasteiger partial charge >= 0.3 is 0 Å². The molecule has 1 aliphatic heterocycles. The Kier molecular flexibility index (Phi) is 2.63. The van der Waals surface area contributed by atoms with Gasteiger partial charge < -0.3 is 4.74 Å². The van der Waals surface area contributed by atoms with Crippen LogP contribution in [-0.4, -0.2) is 19.3 Å². The number of ether oxygens (including phenoxy) is 1. The molecule has 2 atom stereocenters. The molecule has 0 aromatic heterocycles. The molecule has 2 unspecified atom stereocenters. The molecule has 3 nitrogen and oxygen atoms in total. The van der Waals surface area contributed by atoms with Gasteiger partial charge in [-0.2, -0.15) is 0 Å². The standard InChI is InChI=1S/C9H18N2O/c10-11-9(7-3-4-7)8-2-1-5-12-6-8/h7-9,11H,1-6,10H2.